The Labute approximate surface area is 241 Å². The van der Waals surface area contributed by atoms with Gasteiger partial charge in [-0.3, -0.25) is 15.1 Å². The maximum atomic E-state index is 14.9. The number of nitrogens with zero attached hydrogens (tertiary/aromatic N) is 3. The van der Waals surface area contributed by atoms with Gasteiger partial charge in [-0.1, -0.05) is 18.2 Å². The third kappa shape index (κ3) is 6.01. The van der Waals surface area contributed by atoms with Gasteiger partial charge in [-0.05, 0) is 50.6 Å². The molecule has 3 aliphatic rings. The maximum absolute atomic E-state index is 14.9. The van der Waals surface area contributed by atoms with Crippen LogP contribution in [0.1, 0.15) is 25.3 Å². The van der Waals surface area contributed by atoms with E-state index in [0.29, 0.717) is 50.3 Å². The molecule has 2 fully saturated rings. The smallest absolute Gasteiger partial charge is 0.272 e. The molecule has 0 radical (unpaired) electrons. The molecule has 2 aromatic rings. The van der Waals surface area contributed by atoms with Crippen LogP contribution < -0.4 is 10.1 Å². The van der Waals surface area contributed by atoms with Crippen molar-refractivity contribution in [2.75, 3.05) is 51.2 Å². The van der Waals surface area contributed by atoms with Crippen molar-refractivity contribution in [3.8, 4) is 16.9 Å². The zero-order valence-electron chi connectivity index (χ0n) is 22.7. The molecule has 0 aromatic heterocycles. The summed E-state index contributed by atoms with van der Waals surface area (Å²) >= 11 is 6.70. The number of amidine groups is 1. The number of carbonyl (C=O) groups excluding carboxylic acids is 1. The van der Waals surface area contributed by atoms with Gasteiger partial charge < -0.3 is 19.9 Å². The molecule has 2 N–H and O–H groups in total. The Balaban J connectivity index is 1.43. The zero-order valence-corrected chi connectivity index (χ0v) is 23.4. The molecule has 0 unspecified atom stereocenters. The number of piperazine rings is 1. The Hall–Kier alpha value is -3.31. The molecule has 0 saturated carbocycles. The topological polar surface area (TPSA) is 71.9 Å². The molecule has 2 aromatic carbocycles. The predicted octanol–water partition coefficient (Wildman–Crippen LogP) is 5.23. The summed E-state index contributed by atoms with van der Waals surface area (Å²) < 4.78 is 61.2. The Morgan fingerprint density at radius 1 is 1.27 bits per heavy atom. The first-order valence-corrected chi connectivity index (χ1v) is 13.9. The number of benzene rings is 2. The fourth-order valence-corrected chi connectivity index (χ4v) is 6.03. The molecule has 0 bridgehead atoms. The Kier molecular flexibility index (Phi) is 8.20. The number of hydrogen-bond donors (Lipinski definition) is 2. The highest BCUT2D eigenvalue weighted by atomic mass is 35.5. The Bertz CT molecular complexity index is 1370. The molecular formula is C29H32ClF4N5O2. The van der Waals surface area contributed by atoms with Crippen LogP contribution in [0.5, 0.6) is 5.75 Å². The van der Waals surface area contributed by atoms with Crippen LogP contribution in [-0.4, -0.2) is 90.3 Å². The number of fused-ring (bicyclic) bond motifs is 1. The van der Waals surface area contributed by atoms with E-state index in [-0.39, 0.29) is 65.4 Å². The molecule has 0 spiro atoms. The van der Waals surface area contributed by atoms with Crippen molar-refractivity contribution in [3.63, 3.8) is 0 Å². The summed E-state index contributed by atoms with van der Waals surface area (Å²) in [6, 6.07) is 4.42. The average Bonchev–Trinajstić information content (AvgIpc) is 2.91. The average molecular weight is 594 g/mol. The SMILES string of the molecule is C=CC(=O)N1CCN(C(=N)c2cc(Cl)c(-c3ccc(F)cc3F)c3c2N[C@H](CCCN2CC(F)(F)C2)CO3)[C@@H](C)C1. The van der Waals surface area contributed by atoms with Crippen molar-refractivity contribution in [1.82, 2.24) is 14.7 Å². The number of likely N-dealkylation sites (tertiary alicyclic amines) is 1. The van der Waals surface area contributed by atoms with Crippen molar-refractivity contribution in [2.45, 2.75) is 37.8 Å². The highest BCUT2D eigenvalue weighted by Crippen LogP contribution is 2.47. The van der Waals surface area contributed by atoms with Gasteiger partial charge in [-0.15, -0.1) is 0 Å². The fraction of sp³-hybridized carbons (Fsp3) is 0.448. The second kappa shape index (κ2) is 11.5. The van der Waals surface area contributed by atoms with Crippen LogP contribution in [0, 0.1) is 17.0 Å². The summed E-state index contributed by atoms with van der Waals surface area (Å²) in [6.45, 7) is 6.96. The number of alkyl halides is 2. The number of nitrogens with one attached hydrogen (secondary N) is 2. The first kappa shape index (κ1) is 29.2. The largest absolute Gasteiger partial charge is 0.489 e. The van der Waals surface area contributed by atoms with Crippen molar-refractivity contribution in [1.29, 1.82) is 5.41 Å². The second-order valence-corrected chi connectivity index (χ2v) is 11.3. The number of halogens is 5. The van der Waals surface area contributed by atoms with Crippen LogP contribution in [0.25, 0.3) is 11.1 Å². The van der Waals surface area contributed by atoms with E-state index in [2.05, 4.69) is 11.9 Å². The molecule has 5 rings (SSSR count). The molecule has 12 heteroatoms. The van der Waals surface area contributed by atoms with Crippen LogP contribution >= 0.6 is 11.6 Å². The number of anilines is 1. The molecule has 3 heterocycles. The Morgan fingerprint density at radius 3 is 2.68 bits per heavy atom. The van der Waals surface area contributed by atoms with Gasteiger partial charge in [0.15, 0.2) is 5.75 Å². The minimum absolute atomic E-state index is 0.0645. The van der Waals surface area contributed by atoms with Crippen LogP contribution in [0.3, 0.4) is 0 Å². The molecule has 2 saturated heterocycles. The normalized spacial score (nSPS) is 21.8. The Morgan fingerprint density at radius 2 is 2.02 bits per heavy atom. The molecule has 1 amide bonds. The van der Waals surface area contributed by atoms with Gasteiger partial charge in [0.2, 0.25) is 5.91 Å². The zero-order chi connectivity index (χ0) is 29.5. The highest BCUT2D eigenvalue weighted by Gasteiger charge is 2.43. The summed E-state index contributed by atoms with van der Waals surface area (Å²) in [5, 5.41) is 12.7. The number of hydrogen-bond acceptors (Lipinski definition) is 5. The second-order valence-electron chi connectivity index (χ2n) is 10.8. The van der Waals surface area contributed by atoms with E-state index in [1.54, 1.807) is 15.9 Å². The molecule has 0 aliphatic carbocycles. The summed E-state index contributed by atoms with van der Waals surface area (Å²) in [6.07, 6.45) is 2.55. The lowest BCUT2D eigenvalue weighted by Gasteiger charge is -2.42. The molecule has 2 atom stereocenters. The minimum Gasteiger partial charge on any atom is -0.489 e. The van der Waals surface area contributed by atoms with E-state index in [1.807, 2.05) is 11.8 Å². The lowest BCUT2D eigenvalue weighted by atomic mass is 9.96. The van der Waals surface area contributed by atoms with Crippen molar-refractivity contribution >= 4 is 29.0 Å². The molecule has 7 nitrogen and oxygen atoms in total. The van der Waals surface area contributed by atoms with Crippen LogP contribution in [0.2, 0.25) is 5.02 Å². The molecule has 3 aliphatic heterocycles. The van der Waals surface area contributed by atoms with Crippen molar-refractivity contribution in [2.24, 2.45) is 0 Å². The number of carbonyl (C=O) groups is 1. The quantitative estimate of drug-likeness (QED) is 0.199. The van der Waals surface area contributed by atoms with Gasteiger partial charge in [-0.25, -0.2) is 17.6 Å². The van der Waals surface area contributed by atoms with E-state index in [1.165, 1.54) is 12.1 Å². The third-order valence-corrected chi connectivity index (χ3v) is 8.10. The number of rotatable bonds is 7. The van der Waals surface area contributed by atoms with E-state index in [9.17, 15) is 22.4 Å². The van der Waals surface area contributed by atoms with E-state index >= 15 is 0 Å². The first-order valence-electron chi connectivity index (χ1n) is 13.6. The summed E-state index contributed by atoms with van der Waals surface area (Å²) in [4.78, 5) is 17.4. The van der Waals surface area contributed by atoms with Gasteiger partial charge in [0.1, 0.15) is 24.1 Å². The predicted molar refractivity (Wildman–Crippen MR) is 150 cm³/mol. The standard InChI is InChI=1S/C29H32ClF4N5O2/c1-3-24(40)38-9-10-39(17(2)13-38)28(35)21-12-22(30)25(20-7-6-18(31)11-23(20)32)27-26(21)36-19(14-41-27)5-4-8-37-15-29(33,34)16-37/h3,6-7,11-12,17,19,35-36H,1,4-5,8-10,13-16H2,2H3/t17-,19+/m0/s1. The third-order valence-electron chi connectivity index (χ3n) is 7.80. The van der Waals surface area contributed by atoms with Gasteiger partial charge in [0.25, 0.3) is 5.92 Å². The maximum Gasteiger partial charge on any atom is 0.272 e. The van der Waals surface area contributed by atoms with E-state index in [4.69, 9.17) is 21.7 Å². The molecule has 220 valence electrons. The van der Waals surface area contributed by atoms with Crippen LogP contribution in [0.4, 0.5) is 23.2 Å². The van der Waals surface area contributed by atoms with Crippen LogP contribution in [0.15, 0.2) is 36.9 Å². The van der Waals surface area contributed by atoms with Crippen molar-refractivity contribution < 1.29 is 27.1 Å². The lowest BCUT2D eigenvalue weighted by molar-refractivity contribution is -0.130. The van der Waals surface area contributed by atoms with Crippen molar-refractivity contribution in [3.05, 3.63) is 59.1 Å². The summed E-state index contributed by atoms with van der Waals surface area (Å²) in [7, 11) is 0. The van der Waals surface area contributed by atoms with E-state index in [0.717, 1.165) is 12.1 Å². The van der Waals surface area contributed by atoms with Gasteiger partial charge >= 0.3 is 0 Å². The van der Waals surface area contributed by atoms with Crippen LogP contribution in [-0.2, 0) is 4.79 Å². The first-order chi connectivity index (χ1) is 19.5. The number of ether oxygens (including phenoxy) is 1. The number of amides is 1. The lowest BCUT2D eigenvalue weighted by Crippen LogP contribution is -2.56. The van der Waals surface area contributed by atoms with Gasteiger partial charge in [0.05, 0.1) is 29.8 Å². The van der Waals surface area contributed by atoms with Gasteiger partial charge in [-0.2, -0.15) is 0 Å². The minimum atomic E-state index is -2.62. The summed E-state index contributed by atoms with van der Waals surface area (Å²) in [5.74, 6) is -3.90. The van der Waals surface area contributed by atoms with E-state index < -0.39 is 17.6 Å². The highest BCUT2D eigenvalue weighted by molar-refractivity contribution is 6.34. The van der Waals surface area contributed by atoms with Gasteiger partial charge in [0, 0.05) is 48.4 Å². The molecule has 41 heavy (non-hydrogen) atoms. The summed E-state index contributed by atoms with van der Waals surface area (Å²) in [5.41, 5.74) is 1.22. The molecular weight excluding hydrogens is 562 g/mol. The fourth-order valence-electron chi connectivity index (χ4n) is 5.73. The monoisotopic (exact) mass is 593 g/mol.